The summed E-state index contributed by atoms with van der Waals surface area (Å²) in [7, 11) is 0. The number of ether oxygens (including phenoxy) is 1. The molecule has 8 heteroatoms. The highest BCUT2D eigenvalue weighted by Crippen LogP contribution is 2.36. The highest BCUT2D eigenvalue weighted by atomic mass is 16.5. The molecule has 3 heterocycles. The fraction of sp³-hybridized carbons (Fsp3) is 0.280. The van der Waals surface area contributed by atoms with Crippen LogP contribution in [-0.4, -0.2) is 43.7 Å². The minimum absolute atomic E-state index is 0.183. The minimum atomic E-state index is -1.03. The molecule has 8 nitrogen and oxygen atoms in total. The number of carbonyl (C=O) groups excluding carboxylic acids is 2. The van der Waals surface area contributed by atoms with E-state index in [1.807, 2.05) is 35.8 Å². The smallest absolute Gasteiger partial charge is 0.267 e. The number of rotatable bonds is 6. The summed E-state index contributed by atoms with van der Waals surface area (Å²) >= 11 is 0. The number of imide groups is 1. The van der Waals surface area contributed by atoms with Gasteiger partial charge in [-0.3, -0.25) is 9.59 Å². The number of anilines is 1. The van der Waals surface area contributed by atoms with Gasteiger partial charge >= 0.3 is 0 Å². The molecule has 168 valence electrons. The van der Waals surface area contributed by atoms with Crippen molar-refractivity contribution in [3.05, 3.63) is 65.5 Å². The fourth-order valence-electron chi connectivity index (χ4n) is 4.26. The lowest BCUT2D eigenvalue weighted by molar-refractivity contribution is 0.0582. The van der Waals surface area contributed by atoms with E-state index in [4.69, 9.17) is 14.7 Å². The van der Waals surface area contributed by atoms with Crippen LogP contribution in [0.1, 0.15) is 47.3 Å². The van der Waals surface area contributed by atoms with Crippen molar-refractivity contribution in [3.63, 3.8) is 0 Å². The van der Waals surface area contributed by atoms with E-state index in [9.17, 15) is 14.7 Å². The Balaban J connectivity index is 1.82. The minimum Gasteiger partial charge on any atom is -0.389 e. The number of amides is 2. The van der Waals surface area contributed by atoms with E-state index in [0.29, 0.717) is 40.1 Å². The van der Waals surface area contributed by atoms with Gasteiger partial charge in [-0.2, -0.15) is 0 Å². The molecular weight excluding hydrogens is 420 g/mol. The maximum absolute atomic E-state index is 13.2. The molecule has 0 unspecified atom stereocenters. The molecule has 33 heavy (non-hydrogen) atoms. The van der Waals surface area contributed by atoms with E-state index in [1.165, 1.54) is 0 Å². The van der Waals surface area contributed by atoms with Crippen LogP contribution in [-0.2, 0) is 17.9 Å². The third-order valence-electron chi connectivity index (χ3n) is 5.63. The normalized spacial score (nSPS) is 14.0. The van der Waals surface area contributed by atoms with Crippen molar-refractivity contribution in [1.29, 1.82) is 0 Å². The lowest BCUT2D eigenvalue weighted by Gasteiger charge is -2.21. The van der Waals surface area contributed by atoms with Crippen LogP contribution >= 0.6 is 0 Å². The van der Waals surface area contributed by atoms with Crippen LogP contribution in [0.25, 0.3) is 21.9 Å². The van der Waals surface area contributed by atoms with Gasteiger partial charge in [-0.25, -0.2) is 14.9 Å². The van der Waals surface area contributed by atoms with E-state index >= 15 is 0 Å². The number of carbonyl (C=O) groups is 2. The van der Waals surface area contributed by atoms with Crippen LogP contribution < -0.4 is 4.90 Å². The van der Waals surface area contributed by atoms with Crippen molar-refractivity contribution in [1.82, 2.24) is 14.5 Å². The van der Waals surface area contributed by atoms with Gasteiger partial charge in [0.05, 0.1) is 34.3 Å². The number of pyridine rings is 1. The van der Waals surface area contributed by atoms with Gasteiger partial charge in [0.25, 0.3) is 11.8 Å². The van der Waals surface area contributed by atoms with E-state index in [1.54, 1.807) is 38.1 Å². The summed E-state index contributed by atoms with van der Waals surface area (Å²) in [5.74, 6) is -0.0849. The Kier molecular flexibility index (Phi) is 4.99. The van der Waals surface area contributed by atoms with Crippen LogP contribution in [0.15, 0.2) is 48.5 Å². The molecule has 1 aliphatic heterocycles. The summed E-state index contributed by atoms with van der Waals surface area (Å²) in [5, 5.41) is 11.4. The molecule has 0 spiro atoms. The van der Waals surface area contributed by atoms with Gasteiger partial charge in [-0.05, 0) is 39.0 Å². The Morgan fingerprint density at radius 3 is 2.24 bits per heavy atom. The molecular formula is C25H24N4O4. The second-order valence-electron chi connectivity index (χ2n) is 8.70. The van der Waals surface area contributed by atoms with E-state index < -0.39 is 17.4 Å². The molecule has 0 fully saturated rings. The molecule has 2 aromatic carbocycles. The summed E-state index contributed by atoms with van der Waals surface area (Å²) in [6, 6.07) is 14.2. The topological polar surface area (TPSA) is 97.5 Å². The maximum atomic E-state index is 13.2. The number of nitrogens with zero attached hydrogens (tertiary/aromatic N) is 4. The quantitative estimate of drug-likeness (QED) is 0.456. The molecule has 0 atom stereocenters. The van der Waals surface area contributed by atoms with Gasteiger partial charge in [0.1, 0.15) is 17.9 Å². The van der Waals surface area contributed by atoms with Gasteiger partial charge in [-0.1, -0.05) is 30.3 Å². The van der Waals surface area contributed by atoms with Crippen molar-refractivity contribution in [2.45, 2.75) is 39.5 Å². The number of imidazole rings is 1. The van der Waals surface area contributed by atoms with E-state index in [0.717, 1.165) is 10.3 Å². The van der Waals surface area contributed by atoms with Gasteiger partial charge in [0.2, 0.25) is 0 Å². The van der Waals surface area contributed by atoms with Crippen LogP contribution in [0.4, 0.5) is 5.82 Å². The Hall–Kier alpha value is -3.62. The van der Waals surface area contributed by atoms with Gasteiger partial charge in [0, 0.05) is 12.0 Å². The van der Waals surface area contributed by atoms with Gasteiger partial charge in [-0.15, -0.1) is 0 Å². The van der Waals surface area contributed by atoms with Crippen LogP contribution in [0.5, 0.6) is 0 Å². The highest BCUT2D eigenvalue weighted by Gasteiger charge is 2.39. The predicted molar refractivity (Wildman–Crippen MR) is 124 cm³/mol. The zero-order valence-electron chi connectivity index (χ0n) is 18.7. The zero-order valence-corrected chi connectivity index (χ0v) is 18.7. The lowest BCUT2D eigenvalue weighted by atomic mass is 10.1. The van der Waals surface area contributed by atoms with Crippen molar-refractivity contribution >= 4 is 39.6 Å². The van der Waals surface area contributed by atoms with Crippen molar-refractivity contribution in [2.75, 3.05) is 11.5 Å². The lowest BCUT2D eigenvalue weighted by Crippen LogP contribution is -2.30. The first-order chi connectivity index (χ1) is 15.8. The number of hydrogen-bond donors (Lipinski definition) is 1. The largest absolute Gasteiger partial charge is 0.389 e. The van der Waals surface area contributed by atoms with Gasteiger partial charge in [0.15, 0.2) is 5.82 Å². The molecule has 1 N–H and O–H groups in total. The number of benzene rings is 2. The molecule has 1 aliphatic rings. The second-order valence-corrected chi connectivity index (χ2v) is 8.70. The van der Waals surface area contributed by atoms with Crippen molar-refractivity contribution < 1.29 is 19.4 Å². The Morgan fingerprint density at radius 2 is 1.61 bits per heavy atom. The molecule has 0 radical (unpaired) electrons. The molecule has 5 rings (SSSR count). The van der Waals surface area contributed by atoms with Crippen LogP contribution in [0.3, 0.4) is 0 Å². The Morgan fingerprint density at radius 1 is 0.970 bits per heavy atom. The van der Waals surface area contributed by atoms with Crippen molar-refractivity contribution in [3.8, 4) is 0 Å². The fourth-order valence-corrected chi connectivity index (χ4v) is 4.26. The molecule has 2 amide bonds. The monoisotopic (exact) mass is 444 g/mol. The third-order valence-corrected chi connectivity index (χ3v) is 5.63. The summed E-state index contributed by atoms with van der Waals surface area (Å²) in [6.45, 7) is 6.30. The average molecular weight is 444 g/mol. The Bertz CT molecular complexity index is 1380. The molecule has 0 saturated heterocycles. The maximum Gasteiger partial charge on any atom is 0.267 e. The summed E-state index contributed by atoms with van der Waals surface area (Å²) in [5.41, 5.74) is 1.39. The molecule has 0 aliphatic carbocycles. The number of aliphatic hydroxyl groups is 1. The zero-order chi connectivity index (χ0) is 23.3. The third kappa shape index (κ3) is 3.48. The van der Waals surface area contributed by atoms with Crippen LogP contribution in [0, 0.1) is 0 Å². The SMILES string of the molecule is CCOCc1nc2c(N3C(=O)c4ccccc4C3=O)nc3ccccc3c2n1CC(C)(C)O. The first-order valence-electron chi connectivity index (χ1n) is 10.9. The number of aromatic nitrogens is 3. The molecule has 2 aromatic heterocycles. The van der Waals surface area contributed by atoms with Crippen LogP contribution in [0.2, 0.25) is 0 Å². The van der Waals surface area contributed by atoms with Gasteiger partial charge < -0.3 is 14.4 Å². The van der Waals surface area contributed by atoms with E-state index in [2.05, 4.69) is 0 Å². The molecule has 0 saturated carbocycles. The first-order valence-corrected chi connectivity index (χ1v) is 10.9. The summed E-state index contributed by atoms with van der Waals surface area (Å²) < 4.78 is 7.54. The second kappa shape index (κ2) is 7.75. The Labute approximate surface area is 190 Å². The predicted octanol–water partition coefficient (Wildman–Crippen LogP) is 3.69. The molecule has 0 bridgehead atoms. The number of hydrogen-bond acceptors (Lipinski definition) is 6. The summed E-state index contributed by atoms with van der Waals surface area (Å²) in [4.78, 5) is 37.1. The number of fused-ring (bicyclic) bond motifs is 4. The molecule has 4 aromatic rings. The van der Waals surface area contributed by atoms with Crippen molar-refractivity contribution in [2.24, 2.45) is 0 Å². The highest BCUT2D eigenvalue weighted by molar-refractivity contribution is 6.35. The summed E-state index contributed by atoms with van der Waals surface area (Å²) in [6.07, 6.45) is 0. The average Bonchev–Trinajstić information content (AvgIpc) is 3.26. The first kappa shape index (κ1) is 21.2. The standard InChI is InChI=1S/C25H24N4O4/c1-4-33-13-19-27-20-21(28(19)14-25(2,3)32)17-11-7-8-12-18(17)26-22(20)29-23(30)15-9-5-6-10-16(15)24(29)31/h5-12,32H,4,13-14H2,1-3H3. The number of para-hydroxylation sites is 1. The van der Waals surface area contributed by atoms with E-state index in [-0.39, 0.29) is 19.0 Å².